The average molecular weight is 343 g/mol. The minimum atomic E-state index is -3.29. The molecule has 3 fully saturated rings. The van der Waals surface area contributed by atoms with Crippen molar-refractivity contribution in [1.29, 1.82) is 0 Å². The Balaban J connectivity index is 1.67. The Hall–Kier alpha value is -0.660. The summed E-state index contributed by atoms with van der Waals surface area (Å²) in [7, 11) is -1.86. The number of carbonyl (C=O) groups is 1. The Morgan fingerprint density at radius 2 is 1.83 bits per heavy atom. The summed E-state index contributed by atoms with van der Waals surface area (Å²) in [6.45, 7) is 0.695. The molecule has 0 radical (unpaired) electrons. The summed E-state index contributed by atoms with van der Waals surface area (Å²) in [6.07, 6.45) is 6.96. The predicted octanol–water partition coefficient (Wildman–Crippen LogP) is 0.680. The SMILES string of the molecule is CNS(=O)(=O)CC1CCCN1C(=O)C1CC2CCCC(C1)C2N. The van der Waals surface area contributed by atoms with Crippen molar-refractivity contribution < 1.29 is 13.2 Å². The van der Waals surface area contributed by atoms with E-state index in [0.29, 0.717) is 18.4 Å². The van der Waals surface area contributed by atoms with E-state index >= 15 is 0 Å². The molecule has 3 rings (SSSR count). The predicted molar refractivity (Wildman–Crippen MR) is 89.1 cm³/mol. The van der Waals surface area contributed by atoms with Crippen molar-refractivity contribution in [3.63, 3.8) is 0 Å². The molecule has 2 saturated carbocycles. The molecule has 0 aromatic rings. The second kappa shape index (κ2) is 6.69. The smallest absolute Gasteiger partial charge is 0.225 e. The lowest BCUT2D eigenvalue weighted by atomic mass is 9.65. The van der Waals surface area contributed by atoms with Crippen LogP contribution in [-0.4, -0.2) is 50.7 Å². The first-order valence-electron chi connectivity index (χ1n) is 8.88. The highest BCUT2D eigenvalue weighted by molar-refractivity contribution is 7.89. The van der Waals surface area contributed by atoms with E-state index in [1.807, 2.05) is 4.90 Å². The minimum Gasteiger partial charge on any atom is -0.338 e. The van der Waals surface area contributed by atoms with Gasteiger partial charge in [-0.15, -0.1) is 0 Å². The van der Waals surface area contributed by atoms with E-state index < -0.39 is 10.0 Å². The quantitative estimate of drug-likeness (QED) is 0.785. The van der Waals surface area contributed by atoms with Crippen molar-refractivity contribution in [3.8, 4) is 0 Å². The summed E-state index contributed by atoms with van der Waals surface area (Å²) < 4.78 is 26.0. The molecule has 1 heterocycles. The molecule has 23 heavy (non-hydrogen) atoms. The zero-order valence-electron chi connectivity index (χ0n) is 13.9. The molecule has 1 amide bonds. The van der Waals surface area contributed by atoms with Crippen LogP contribution in [0.2, 0.25) is 0 Å². The molecule has 2 bridgehead atoms. The lowest BCUT2D eigenvalue weighted by Gasteiger charge is -2.44. The van der Waals surface area contributed by atoms with E-state index in [1.54, 1.807) is 0 Å². The van der Waals surface area contributed by atoms with Crippen LogP contribution in [-0.2, 0) is 14.8 Å². The van der Waals surface area contributed by atoms with Gasteiger partial charge in [0.2, 0.25) is 15.9 Å². The van der Waals surface area contributed by atoms with E-state index in [9.17, 15) is 13.2 Å². The Morgan fingerprint density at radius 1 is 1.17 bits per heavy atom. The molecule has 0 aromatic heterocycles. The summed E-state index contributed by atoms with van der Waals surface area (Å²) in [5.74, 6) is 1.18. The Bertz CT molecular complexity index is 537. The average Bonchev–Trinajstić information content (AvgIpc) is 2.93. The number of fused-ring (bicyclic) bond motifs is 2. The molecule has 0 spiro atoms. The molecular formula is C16H29N3O3S. The Labute approximate surface area is 139 Å². The molecule has 3 aliphatic rings. The van der Waals surface area contributed by atoms with Gasteiger partial charge in [0.05, 0.1) is 5.75 Å². The lowest BCUT2D eigenvalue weighted by Crippen LogP contribution is -2.51. The van der Waals surface area contributed by atoms with E-state index in [2.05, 4.69) is 4.72 Å². The molecule has 6 nitrogen and oxygen atoms in total. The van der Waals surface area contributed by atoms with Crippen molar-refractivity contribution in [2.75, 3.05) is 19.3 Å². The first kappa shape index (κ1) is 17.2. The van der Waals surface area contributed by atoms with Gasteiger partial charge in [-0.2, -0.15) is 0 Å². The number of nitrogens with two attached hydrogens (primary N) is 1. The second-order valence-corrected chi connectivity index (χ2v) is 9.48. The molecule has 1 aliphatic heterocycles. The van der Waals surface area contributed by atoms with Gasteiger partial charge >= 0.3 is 0 Å². The third-order valence-electron chi connectivity index (χ3n) is 6.15. The highest BCUT2D eigenvalue weighted by atomic mass is 32.2. The Morgan fingerprint density at radius 3 is 2.43 bits per heavy atom. The van der Waals surface area contributed by atoms with Gasteiger partial charge in [-0.3, -0.25) is 4.79 Å². The maximum absolute atomic E-state index is 13.0. The first-order chi connectivity index (χ1) is 10.9. The maximum Gasteiger partial charge on any atom is 0.225 e. The summed E-state index contributed by atoms with van der Waals surface area (Å²) in [5.41, 5.74) is 6.32. The molecule has 1 saturated heterocycles. The first-order valence-corrected chi connectivity index (χ1v) is 10.5. The van der Waals surface area contributed by atoms with Crippen LogP contribution >= 0.6 is 0 Å². The highest BCUT2D eigenvalue weighted by Crippen LogP contribution is 2.43. The van der Waals surface area contributed by atoms with Crippen LogP contribution < -0.4 is 10.5 Å². The number of nitrogens with zero attached hydrogens (tertiary/aromatic N) is 1. The monoisotopic (exact) mass is 343 g/mol. The molecule has 2 aliphatic carbocycles. The summed E-state index contributed by atoms with van der Waals surface area (Å²) >= 11 is 0. The molecular weight excluding hydrogens is 314 g/mol. The summed E-state index contributed by atoms with van der Waals surface area (Å²) in [6, 6.07) is 0.0854. The number of rotatable bonds is 4. The maximum atomic E-state index is 13.0. The van der Waals surface area contributed by atoms with Gasteiger partial charge in [0, 0.05) is 24.5 Å². The van der Waals surface area contributed by atoms with E-state index in [4.69, 9.17) is 5.73 Å². The minimum absolute atomic E-state index is 0.0222. The van der Waals surface area contributed by atoms with Crippen LogP contribution in [0.3, 0.4) is 0 Å². The lowest BCUT2D eigenvalue weighted by molar-refractivity contribution is -0.139. The normalized spacial score (nSPS) is 37.8. The largest absolute Gasteiger partial charge is 0.338 e. The zero-order valence-corrected chi connectivity index (χ0v) is 14.7. The fraction of sp³-hybridized carbons (Fsp3) is 0.938. The van der Waals surface area contributed by atoms with Gasteiger partial charge in [-0.05, 0) is 57.4 Å². The summed E-state index contributed by atoms with van der Waals surface area (Å²) in [4.78, 5) is 14.8. The fourth-order valence-corrected chi connectivity index (χ4v) is 5.88. The van der Waals surface area contributed by atoms with E-state index in [-0.39, 0.29) is 29.7 Å². The standard InChI is InChI=1S/C16H29N3O3S/c1-18-23(21,22)10-14-6-3-7-19(14)16(20)13-8-11-4-2-5-12(9-13)15(11)17/h11-15,18H,2-10,17H2,1H3. The number of amides is 1. The van der Waals surface area contributed by atoms with Crippen molar-refractivity contribution >= 4 is 15.9 Å². The van der Waals surface area contributed by atoms with Gasteiger partial charge in [-0.1, -0.05) is 6.42 Å². The fourth-order valence-electron chi connectivity index (χ4n) is 4.86. The van der Waals surface area contributed by atoms with Gasteiger partial charge in [0.15, 0.2) is 0 Å². The number of nitrogens with one attached hydrogen (secondary N) is 1. The van der Waals surface area contributed by atoms with Gasteiger partial charge < -0.3 is 10.6 Å². The molecule has 3 atom stereocenters. The van der Waals surface area contributed by atoms with Crippen LogP contribution in [0.5, 0.6) is 0 Å². The van der Waals surface area contributed by atoms with E-state index in [0.717, 1.165) is 38.5 Å². The number of carbonyl (C=O) groups excluding carboxylic acids is 1. The Kier molecular flexibility index (Phi) is 4.99. The van der Waals surface area contributed by atoms with Crippen molar-refractivity contribution in [1.82, 2.24) is 9.62 Å². The van der Waals surface area contributed by atoms with Crippen molar-refractivity contribution in [2.45, 2.75) is 57.0 Å². The number of sulfonamides is 1. The van der Waals surface area contributed by atoms with Crippen LogP contribution in [0, 0.1) is 17.8 Å². The van der Waals surface area contributed by atoms with Gasteiger partial charge in [0.1, 0.15) is 0 Å². The summed E-state index contributed by atoms with van der Waals surface area (Å²) in [5, 5.41) is 0. The van der Waals surface area contributed by atoms with E-state index in [1.165, 1.54) is 13.5 Å². The van der Waals surface area contributed by atoms with Crippen LogP contribution in [0.4, 0.5) is 0 Å². The number of hydrogen-bond donors (Lipinski definition) is 2. The van der Waals surface area contributed by atoms with Crippen LogP contribution in [0.25, 0.3) is 0 Å². The van der Waals surface area contributed by atoms with Crippen molar-refractivity contribution in [3.05, 3.63) is 0 Å². The molecule has 7 heteroatoms. The molecule has 3 N–H and O–H groups in total. The molecule has 0 aromatic carbocycles. The molecule has 132 valence electrons. The number of likely N-dealkylation sites (tertiary alicyclic amines) is 1. The zero-order chi connectivity index (χ0) is 16.6. The third-order valence-corrected chi connectivity index (χ3v) is 7.59. The van der Waals surface area contributed by atoms with Gasteiger partial charge in [0.25, 0.3) is 0 Å². The van der Waals surface area contributed by atoms with Crippen molar-refractivity contribution in [2.24, 2.45) is 23.5 Å². The second-order valence-electron chi connectivity index (χ2n) is 7.51. The molecule has 3 unspecified atom stereocenters. The van der Waals surface area contributed by atoms with Crippen LogP contribution in [0.15, 0.2) is 0 Å². The number of hydrogen-bond acceptors (Lipinski definition) is 4. The van der Waals surface area contributed by atoms with Crippen LogP contribution in [0.1, 0.15) is 44.9 Å². The van der Waals surface area contributed by atoms with Gasteiger partial charge in [-0.25, -0.2) is 13.1 Å². The highest BCUT2D eigenvalue weighted by Gasteiger charge is 2.43. The topological polar surface area (TPSA) is 92.5 Å². The third kappa shape index (κ3) is 3.56.